The van der Waals surface area contributed by atoms with Crippen molar-refractivity contribution in [3.63, 3.8) is 0 Å². The first-order chi connectivity index (χ1) is 13.3. The standard InChI is InChI=1S/C19H15F2N3O2S2/c1-12-6-11-17(27-12)28(25,26)23-14-9-7-13(8-10-14)18-22-15-4-2-3-5-16(15)24(18)19(20)21/h2-11,19,23H,1H3. The minimum Gasteiger partial charge on any atom is -0.279 e. The van der Waals surface area contributed by atoms with Gasteiger partial charge < -0.3 is 0 Å². The summed E-state index contributed by atoms with van der Waals surface area (Å²) >= 11 is 1.17. The van der Waals surface area contributed by atoms with Crippen molar-refractivity contribution in [2.75, 3.05) is 4.72 Å². The van der Waals surface area contributed by atoms with Crippen molar-refractivity contribution in [2.24, 2.45) is 0 Å². The summed E-state index contributed by atoms with van der Waals surface area (Å²) in [4.78, 5) is 5.20. The van der Waals surface area contributed by atoms with Gasteiger partial charge in [-0.25, -0.2) is 13.4 Å². The molecule has 2 heterocycles. The van der Waals surface area contributed by atoms with Crippen LogP contribution in [0.15, 0.2) is 64.9 Å². The maximum Gasteiger partial charge on any atom is 0.320 e. The third-order valence-corrected chi connectivity index (χ3v) is 7.04. The van der Waals surface area contributed by atoms with Gasteiger partial charge in [-0.2, -0.15) is 8.78 Å². The van der Waals surface area contributed by atoms with E-state index in [1.54, 1.807) is 48.5 Å². The van der Waals surface area contributed by atoms with E-state index in [9.17, 15) is 17.2 Å². The lowest BCUT2D eigenvalue weighted by atomic mass is 10.2. The Morgan fingerprint density at radius 2 is 1.75 bits per heavy atom. The molecule has 0 aliphatic heterocycles. The van der Waals surface area contributed by atoms with E-state index in [4.69, 9.17) is 0 Å². The number of nitrogens with zero attached hydrogens (tertiary/aromatic N) is 2. The highest BCUT2D eigenvalue weighted by molar-refractivity contribution is 7.94. The van der Waals surface area contributed by atoms with E-state index < -0.39 is 16.6 Å². The Balaban J connectivity index is 1.67. The Hall–Kier alpha value is -2.78. The maximum absolute atomic E-state index is 13.6. The zero-order chi connectivity index (χ0) is 19.9. The summed E-state index contributed by atoms with van der Waals surface area (Å²) < 4.78 is 55.6. The number of alkyl halides is 2. The van der Waals surface area contributed by atoms with Crippen LogP contribution in [-0.4, -0.2) is 18.0 Å². The molecular weight excluding hydrogens is 404 g/mol. The summed E-state index contributed by atoms with van der Waals surface area (Å²) in [6, 6.07) is 16.1. The molecule has 0 spiro atoms. The molecule has 2 aromatic heterocycles. The van der Waals surface area contributed by atoms with Crippen molar-refractivity contribution < 1.29 is 17.2 Å². The van der Waals surface area contributed by atoms with Crippen LogP contribution >= 0.6 is 11.3 Å². The van der Waals surface area contributed by atoms with Crippen LogP contribution in [0.1, 0.15) is 11.4 Å². The number of para-hydroxylation sites is 2. The molecule has 1 N–H and O–H groups in total. The Labute approximate surface area is 164 Å². The summed E-state index contributed by atoms with van der Waals surface area (Å²) in [6.07, 6.45) is 0. The van der Waals surface area contributed by atoms with Crippen molar-refractivity contribution in [3.8, 4) is 11.4 Å². The summed E-state index contributed by atoms with van der Waals surface area (Å²) in [5.41, 5.74) is 1.61. The van der Waals surface area contributed by atoms with Gasteiger partial charge in [0.15, 0.2) is 0 Å². The smallest absolute Gasteiger partial charge is 0.279 e. The monoisotopic (exact) mass is 419 g/mol. The van der Waals surface area contributed by atoms with E-state index in [2.05, 4.69) is 9.71 Å². The van der Waals surface area contributed by atoms with Gasteiger partial charge in [-0.1, -0.05) is 12.1 Å². The van der Waals surface area contributed by atoms with Gasteiger partial charge in [-0.05, 0) is 55.5 Å². The number of sulfonamides is 1. The lowest BCUT2D eigenvalue weighted by Crippen LogP contribution is -2.11. The Bertz CT molecular complexity index is 1250. The molecule has 0 saturated carbocycles. The zero-order valence-corrected chi connectivity index (χ0v) is 16.3. The van der Waals surface area contributed by atoms with E-state index >= 15 is 0 Å². The number of thiophene rings is 1. The first kappa shape index (κ1) is 18.6. The van der Waals surface area contributed by atoms with Gasteiger partial charge in [0.1, 0.15) is 10.0 Å². The molecule has 0 amide bonds. The highest BCUT2D eigenvalue weighted by atomic mass is 32.2. The quantitative estimate of drug-likeness (QED) is 0.479. The predicted molar refractivity (Wildman–Crippen MR) is 106 cm³/mol. The molecule has 0 atom stereocenters. The number of rotatable bonds is 5. The first-order valence-electron chi connectivity index (χ1n) is 8.30. The molecule has 0 aliphatic carbocycles. The molecule has 144 valence electrons. The van der Waals surface area contributed by atoms with Gasteiger partial charge in [0.05, 0.1) is 11.0 Å². The fraction of sp³-hybridized carbons (Fsp3) is 0.105. The lowest BCUT2D eigenvalue weighted by molar-refractivity contribution is 0.0764. The second-order valence-corrected chi connectivity index (χ2v) is 9.32. The predicted octanol–water partition coefficient (Wildman–Crippen LogP) is 5.27. The Morgan fingerprint density at radius 3 is 2.39 bits per heavy atom. The van der Waals surface area contributed by atoms with Gasteiger partial charge in [0.2, 0.25) is 0 Å². The molecular formula is C19H15F2N3O2S2. The number of halogens is 2. The van der Waals surface area contributed by atoms with E-state index in [0.29, 0.717) is 22.3 Å². The maximum atomic E-state index is 13.6. The Morgan fingerprint density at radius 1 is 1.04 bits per heavy atom. The van der Waals surface area contributed by atoms with Crippen LogP contribution in [0.3, 0.4) is 0 Å². The van der Waals surface area contributed by atoms with Crippen molar-refractivity contribution >= 4 is 38.1 Å². The van der Waals surface area contributed by atoms with Crippen LogP contribution in [0.2, 0.25) is 0 Å². The van der Waals surface area contributed by atoms with Crippen LogP contribution in [-0.2, 0) is 10.0 Å². The van der Waals surface area contributed by atoms with E-state index in [0.717, 1.165) is 9.44 Å². The van der Waals surface area contributed by atoms with Crippen LogP contribution in [0.5, 0.6) is 0 Å². The number of fused-ring (bicyclic) bond motifs is 1. The average molecular weight is 419 g/mol. The molecule has 4 rings (SSSR count). The molecule has 5 nitrogen and oxygen atoms in total. The summed E-state index contributed by atoms with van der Waals surface area (Å²) in [6.45, 7) is -0.921. The second kappa shape index (κ2) is 6.99. The minimum atomic E-state index is -3.68. The van der Waals surface area contributed by atoms with Crippen LogP contribution in [0.25, 0.3) is 22.4 Å². The van der Waals surface area contributed by atoms with Gasteiger partial charge in [0, 0.05) is 16.1 Å². The summed E-state index contributed by atoms with van der Waals surface area (Å²) in [7, 11) is -3.68. The number of hydrogen-bond acceptors (Lipinski definition) is 4. The number of nitrogens with one attached hydrogen (secondary N) is 1. The van der Waals surface area contributed by atoms with Gasteiger partial charge >= 0.3 is 6.55 Å². The largest absolute Gasteiger partial charge is 0.320 e. The number of aryl methyl sites for hydroxylation is 1. The highest BCUT2D eigenvalue weighted by Gasteiger charge is 2.20. The summed E-state index contributed by atoms with van der Waals surface area (Å²) in [5, 5.41) is 0. The number of anilines is 1. The fourth-order valence-electron chi connectivity index (χ4n) is 2.90. The number of benzene rings is 2. The lowest BCUT2D eigenvalue weighted by Gasteiger charge is -2.09. The van der Waals surface area contributed by atoms with Crippen molar-refractivity contribution in [1.29, 1.82) is 0 Å². The molecule has 4 aromatic rings. The van der Waals surface area contributed by atoms with Gasteiger partial charge in [-0.15, -0.1) is 11.3 Å². The SMILES string of the molecule is Cc1ccc(S(=O)(=O)Nc2ccc(-c3nc4ccccc4n3C(F)F)cc2)s1. The molecule has 0 unspecified atom stereocenters. The van der Waals surface area contributed by atoms with Crippen molar-refractivity contribution in [1.82, 2.24) is 9.55 Å². The molecule has 0 fully saturated rings. The fourth-order valence-corrected chi connectivity index (χ4v) is 5.24. The third-order valence-electron chi connectivity index (χ3n) is 4.17. The molecule has 0 bridgehead atoms. The average Bonchev–Trinajstić information content (AvgIpc) is 3.26. The molecule has 9 heteroatoms. The molecule has 0 radical (unpaired) electrons. The van der Waals surface area contributed by atoms with Crippen LogP contribution in [0, 0.1) is 6.92 Å². The van der Waals surface area contributed by atoms with E-state index in [1.807, 2.05) is 6.92 Å². The van der Waals surface area contributed by atoms with Gasteiger partial charge in [0.25, 0.3) is 10.0 Å². The molecule has 28 heavy (non-hydrogen) atoms. The molecule has 2 aromatic carbocycles. The van der Waals surface area contributed by atoms with Crippen LogP contribution < -0.4 is 4.72 Å². The van der Waals surface area contributed by atoms with E-state index in [-0.39, 0.29) is 10.0 Å². The van der Waals surface area contributed by atoms with Gasteiger partial charge in [-0.3, -0.25) is 9.29 Å². The minimum absolute atomic E-state index is 0.125. The van der Waals surface area contributed by atoms with E-state index in [1.165, 1.54) is 23.5 Å². The normalized spacial score (nSPS) is 12.0. The summed E-state index contributed by atoms with van der Waals surface area (Å²) in [5.74, 6) is 0.125. The second-order valence-electron chi connectivity index (χ2n) is 6.12. The third kappa shape index (κ3) is 3.38. The van der Waals surface area contributed by atoms with Crippen LogP contribution in [0.4, 0.5) is 14.5 Å². The molecule has 0 saturated heterocycles. The van der Waals surface area contributed by atoms with Crippen molar-refractivity contribution in [3.05, 3.63) is 65.5 Å². The van der Waals surface area contributed by atoms with Crippen molar-refractivity contribution in [2.45, 2.75) is 17.7 Å². The number of hydrogen-bond donors (Lipinski definition) is 1. The number of imidazole rings is 1. The molecule has 0 aliphatic rings. The topological polar surface area (TPSA) is 64.0 Å². The Kier molecular flexibility index (Phi) is 4.64. The zero-order valence-electron chi connectivity index (χ0n) is 14.6. The highest BCUT2D eigenvalue weighted by Crippen LogP contribution is 2.31. The first-order valence-corrected chi connectivity index (χ1v) is 10.6. The number of aromatic nitrogens is 2.